The van der Waals surface area contributed by atoms with Crippen molar-refractivity contribution in [3.63, 3.8) is 0 Å². The van der Waals surface area contributed by atoms with E-state index in [1.807, 2.05) is 0 Å². The van der Waals surface area contributed by atoms with Crippen LogP contribution in [-0.2, 0) is 6.54 Å². The van der Waals surface area contributed by atoms with Gasteiger partial charge in [-0.1, -0.05) is 17.7 Å². The Bertz CT molecular complexity index is 528. The van der Waals surface area contributed by atoms with Crippen molar-refractivity contribution in [3.8, 4) is 0 Å². The molecule has 2 fully saturated rings. The van der Waals surface area contributed by atoms with Crippen LogP contribution in [0.5, 0.6) is 0 Å². The number of nitrogens with zero attached hydrogens (tertiary/aromatic N) is 2. The van der Waals surface area contributed by atoms with Crippen molar-refractivity contribution in [1.29, 1.82) is 0 Å². The Kier molecular flexibility index (Phi) is 4.62. The van der Waals surface area contributed by atoms with Gasteiger partial charge in [0.05, 0.1) is 0 Å². The molecule has 6 heteroatoms. The minimum absolute atomic E-state index is 0.287. The molecule has 1 saturated heterocycles. The second-order valence-electron chi connectivity index (χ2n) is 5.72. The summed E-state index contributed by atoms with van der Waals surface area (Å²) in [5.41, 5.74) is 0.977. The molecular formula is C15H19ClFN3S. The molecule has 0 amide bonds. The van der Waals surface area contributed by atoms with Gasteiger partial charge in [-0.3, -0.25) is 4.90 Å². The van der Waals surface area contributed by atoms with Crippen molar-refractivity contribution >= 4 is 28.9 Å². The van der Waals surface area contributed by atoms with E-state index in [9.17, 15) is 4.39 Å². The lowest BCUT2D eigenvalue weighted by atomic mass is 10.2. The van der Waals surface area contributed by atoms with Crippen molar-refractivity contribution in [3.05, 3.63) is 34.6 Å². The van der Waals surface area contributed by atoms with Gasteiger partial charge in [0.25, 0.3) is 0 Å². The van der Waals surface area contributed by atoms with Gasteiger partial charge in [0.1, 0.15) is 5.82 Å². The first-order chi connectivity index (χ1) is 10.1. The molecule has 1 aliphatic heterocycles. The molecule has 0 bridgehead atoms. The molecule has 114 valence electrons. The smallest absolute Gasteiger partial charge is 0.169 e. The Hall–Kier alpha value is -0.910. The predicted octanol–water partition coefficient (Wildman–Crippen LogP) is 2.63. The fourth-order valence-electron chi connectivity index (χ4n) is 2.49. The third-order valence-corrected chi connectivity index (χ3v) is 4.70. The van der Waals surface area contributed by atoms with E-state index in [0.29, 0.717) is 11.1 Å². The van der Waals surface area contributed by atoms with E-state index >= 15 is 0 Å². The summed E-state index contributed by atoms with van der Waals surface area (Å²) in [4.78, 5) is 4.56. The van der Waals surface area contributed by atoms with Crippen molar-refractivity contribution in [2.75, 3.05) is 26.2 Å². The number of piperazine rings is 1. The number of halogens is 2. The summed E-state index contributed by atoms with van der Waals surface area (Å²) in [5.74, 6) is -0.287. The number of hydrogen-bond donors (Lipinski definition) is 1. The van der Waals surface area contributed by atoms with Gasteiger partial charge in [-0.25, -0.2) is 4.39 Å². The third kappa shape index (κ3) is 4.05. The highest BCUT2D eigenvalue weighted by Crippen LogP contribution is 2.21. The van der Waals surface area contributed by atoms with Crippen LogP contribution in [0.25, 0.3) is 0 Å². The van der Waals surface area contributed by atoms with E-state index in [4.69, 9.17) is 23.8 Å². The standard InChI is InChI=1S/C15H19ClFN3S/c16-14-9-12(17)2-1-11(14)10-19-5-7-20(8-6-19)15(21)18-13-3-4-13/h1-2,9,13H,3-8,10H2,(H,18,21). The minimum atomic E-state index is -0.287. The zero-order chi connectivity index (χ0) is 14.8. The van der Waals surface area contributed by atoms with E-state index in [-0.39, 0.29) is 5.82 Å². The SMILES string of the molecule is Fc1ccc(CN2CCN(C(=S)NC3CC3)CC2)c(Cl)c1. The normalized spacial score (nSPS) is 19.6. The van der Waals surface area contributed by atoms with Crippen molar-refractivity contribution in [2.24, 2.45) is 0 Å². The monoisotopic (exact) mass is 327 g/mol. The van der Waals surface area contributed by atoms with Crippen LogP contribution in [0.1, 0.15) is 18.4 Å². The molecule has 0 atom stereocenters. The van der Waals surface area contributed by atoms with Gasteiger partial charge < -0.3 is 10.2 Å². The summed E-state index contributed by atoms with van der Waals surface area (Å²) < 4.78 is 13.0. The Morgan fingerprint density at radius 3 is 2.62 bits per heavy atom. The first-order valence-corrected chi connectivity index (χ1v) is 8.12. The summed E-state index contributed by atoms with van der Waals surface area (Å²) in [6, 6.07) is 5.21. The largest absolute Gasteiger partial charge is 0.360 e. The maximum atomic E-state index is 13.0. The summed E-state index contributed by atoms with van der Waals surface area (Å²) >= 11 is 11.5. The highest BCUT2D eigenvalue weighted by Gasteiger charge is 2.25. The molecule has 3 nitrogen and oxygen atoms in total. The average Bonchev–Trinajstić information content (AvgIpc) is 3.26. The number of thiocarbonyl (C=S) groups is 1. The maximum Gasteiger partial charge on any atom is 0.169 e. The zero-order valence-corrected chi connectivity index (χ0v) is 13.4. The molecule has 2 aliphatic rings. The topological polar surface area (TPSA) is 18.5 Å². The number of hydrogen-bond acceptors (Lipinski definition) is 2. The predicted molar refractivity (Wildman–Crippen MR) is 87.0 cm³/mol. The van der Waals surface area contributed by atoms with Crippen molar-refractivity contribution < 1.29 is 4.39 Å². The van der Waals surface area contributed by atoms with Gasteiger partial charge in [0.15, 0.2) is 5.11 Å². The zero-order valence-electron chi connectivity index (χ0n) is 11.8. The molecule has 1 aromatic rings. The fourth-order valence-corrected chi connectivity index (χ4v) is 3.07. The van der Waals surface area contributed by atoms with Gasteiger partial charge in [-0.15, -0.1) is 0 Å². The van der Waals surface area contributed by atoms with Gasteiger partial charge in [-0.05, 0) is 42.8 Å². The van der Waals surface area contributed by atoms with Crippen LogP contribution in [-0.4, -0.2) is 47.1 Å². The van der Waals surface area contributed by atoms with E-state index in [1.54, 1.807) is 6.07 Å². The van der Waals surface area contributed by atoms with E-state index in [2.05, 4.69) is 15.1 Å². The fraction of sp³-hybridized carbons (Fsp3) is 0.533. The van der Waals surface area contributed by atoms with Crippen molar-refractivity contribution in [2.45, 2.75) is 25.4 Å². The number of benzene rings is 1. The lowest BCUT2D eigenvalue weighted by molar-refractivity contribution is 0.174. The van der Waals surface area contributed by atoms with Crippen LogP contribution in [0.15, 0.2) is 18.2 Å². The Morgan fingerprint density at radius 1 is 1.29 bits per heavy atom. The second kappa shape index (κ2) is 6.46. The molecular weight excluding hydrogens is 309 g/mol. The van der Waals surface area contributed by atoms with Gasteiger partial charge >= 0.3 is 0 Å². The maximum absolute atomic E-state index is 13.0. The molecule has 1 aromatic carbocycles. The molecule has 0 unspecified atom stereocenters. The Labute approximate surface area is 135 Å². The summed E-state index contributed by atoms with van der Waals surface area (Å²) in [6.45, 7) is 4.50. The van der Waals surface area contributed by atoms with E-state index < -0.39 is 0 Å². The molecule has 1 aliphatic carbocycles. The Morgan fingerprint density at radius 2 is 2.00 bits per heavy atom. The Balaban J connectivity index is 1.49. The van der Waals surface area contributed by atoms with Gasteiger partial charge in [0, 0.05) is 43.8 Å². The highest BCUT2D eigenvalue weighted by molar-refractivity contribution is 7.80. The molecule has 0 radical (unpaired) electrons. The lowest BCUT2D eigenvalue weighted by Gasteiger charge is -2.36. The molecule has 3 rings (SSSR count). The molecule has 21 heavy (non-hydrogen) atoms. The number of rotatable bonds is 3. The van der Waals surface area contributed by atoms with Crippen molar-refractivity contribution in [1.82, 2.24) is 15.1 Å². The van der Waals surface area contributed by atoms with Crippen LogP contribution in [0.2, 0.25) is 5.02 Å². The van der Waals surface area contributed by atoms with Gasteiger partial charge in [-0.2, -0.15) is 0 Å². The first-order valence-electron chi connectivity index (χ1n) is 7.33. The van der Waals surface area contributed by atoms with Crippen LogP contribution in [0.4, 0.5) is 4.39 Å². The quantitative estimate of drug-likeness (QED) is 0.860. The molecule has 1 saturated carbocycles. The second-order valence-corrected chi connectivity index (χ2v) is 6.52. The number of nitrogens with one attached hydrogen (secondary N) is 1. The van der Waals surface area contributed by atoms with Crippen LogP contribution >= 0.6 is 23.8 Å². The van der Waals surface area contributed by atoms with E-state index in [0.717, 1.165) is 43.4 Å². The minimum Gasteiger partial charge on any atom is -0.360 e. The molecule has 0 spiro atoms. The summed E-state index contributed by atoms with van der Waals surface area (Å²) in [6.07, 6.45) is 2.48. The van der Waals surface area contributed by atoms with Crippen LogP contribution in [0.3, 0.4) is 0 Å². The molecule has 0 aromatic heterocycles. The first kappa shape index (κ1) is 15.0. The van der Waals surface area contributed by atoms with Gasteiger partial charge in [0.2, 0.25) is 0 Å². The summed E-state index contributed by atoms with van der Waals surface area (Å²) in [7, 11) is 0. The van der Waals surface area contributed by atoms with E-state index in [1.165, 1.54) is 25.0 Å². The third-order valence-electron chi connectivity index (χ3n) is 3.97. The van der Waals surface area contributed by atoms with Crippen LogP contribution < -0.4 is 5.32 Å². The average molecular weight is 328 g/mol. The summed E-state index contributed by atoms with van der Waals surface area (Å²) in [5, 5.41) is 4.77. The molecule has 1 heterocycles. The van der Waals surface area contributed by atoms with Crippen LogP contribution in [0, 0.1) is 5.82 Å². The molecule has 1 N–H and O–H groups in total. The highest BCUT2D eigenvalue weighted by atomic mass is 35.5. The lowest BCUT2D eigenvalue weighted by Crippen LogP contribution is -2.51.